The van der Waals surface area contributed by atoms with Crippen molar-refractivity contribution in [2.24, 2.45) is 0 Å². The number of carbonyl (C=O) groups excluding carboxylic acids is 2. The van der Waals surface area contributed by atoms with Gasteiger partial charge in [0.15, 0.2) is 23.8 Å². The van der Waals surface area contributed by atoms with Crippen molar-refractivity contribution in [1.29, 1.82) is 0 Å². The molecule has 1 aromatic carbocycles. The first kappa shape index (κ1) is 18.7. The van der Waals surface area contributed by atoms with E-state index in [4.69, 9.17) is 9.84 Å². The van der Waals surface area contributed by atoms with E-state index in [2.05, 4.69) is 0 Å². The number of hydrazine groups is 1. The number of rotatable bonds is 5. The average molecular weight is 338 g/mol. The lowest BCUT2D eigenvalue weighted by Crippen LogP contribution is -2.50. The maximum absolute atomic E-state index is 13.2. The third-order valence-corrected chi connectivity index (χ3v) is 2.65. The molecule has 128 valence electrons. The van der Waals surface area contributed by atoms with E-state index in [1.807, 2.05) is 0 Å². The second-order valence-electron chi connectivity index (χ2n) is 4.76. The number of benzene rings is 1. The fourth-order valence-corrected chi connectivity index (χ4v) is 1.34. The predicted octanol–water partition coefficient (Wildman–Crippen LogP) is 1.06. The second-order valence-corrected chi connectivity index (χ2v) is 4.76. The first-order valence-corrected chi connectivity index (χ1v) is 6.27. The summed E-state index contributed by atoms with van der Waals surface area (Å²) in [7, 11) is 0. The van der Waals surface area contributed by atoms with Crippen LogP contribution in [0.2, 0.25) is 0 Å². The molecule has 23 heavy (non-hydrogen) atoms. The highest BCUT2D eigenvalue weighted by Crippen LogP contribution is 2.32. The topological polar surface area (TPSA) is 87.7 Å². The summed E-state index contributed by atoms with van der Waals surface area (Å²) in [5.74, 6) is -3.08. The molecule has 2 amide bonds. The number of hydrogen-bond donors (Lipinski definition) is 3. The molecular formula is C13H14F4N2O4. The van der Waals surface area contributed by atoms with E-state index in [0.29, 0.717) is 6.92 Å². The van der Waals surface area contributed by atoms with E-state index >= 15 is 0 Å². The quantitative estimate of drug-likeness (QED) is 0.553. The standard InChI is InChI=1S/C13H14F4N2O4/c1-12(22,13(15,16)17)6-10(20)18-19-11(21)7-23-9-5-3-2-4-8(9)14/h2-5,22H,6-7H2,1H3,(H,18,20)(H,19,21)/t12-/m0/s1. The van der Waals surface area contributed by atoms with Gasteiger partial charge < -0.3 is 9.84 Å². The van der Waals surface area contributed by atoms with Gasteiger partial charge >= 0.3 is 6.18 Å². The summed E-state index contributed by atoms with van der Waals surface area (Å²) in [5, 5.41) is 9.10. The molecule has 10 heteroatoms. The van der Waals surface area contributed by atoms with Crippen LogP contribution >= 0.6 is 0 Å². The molecule has 0 aliphatic carbocycles. The molecule has 0 radical (unpaired) electrons. The Morgan fingerprint density at radius 2 is 1.74 bits per heavy atom. The van der Waals surface area contributed by atoms with E-state index in [1.54, 1.807) is 10.9 Å². The lowest BCUT2D eigenvalue weighted by atomic mass is 10.0. The SMILES string of the molecule is C[C@](O)(CC(=O)NNC(=O)COc1ccccc1F)C(F)(F)F. The molecule has 0 heterocycles. The van der Waals surface area contributed by atoms with Crippen molar-refractivity contribution in [2.75, 3.05) is 6.61 Å². The Hall–Kier alpha value is -2.36. The first-order valence-electron chi connectivity index (χ1n) is 6.27. The molecule has 1 atom stereocenters. The van der Waals surface area contributed by atoms with E-state index in [1.165, 1.54) is 18.2 Å². The first-order chi connectivity index (χ1) is 10.5. The van der Waals surface area contributed by atoms with E-state index in [-0.39, 0.29) is 5.75 Å². The number of hydrogen-bond acceptors (Lipinski definition) is 4. The smallest absolute Gasteiger partial charge is 0.417 e. The number of alkyl halides is 3. The largest absolute Gasteiger partial charge is 0.481 e. The maximum atomic E-state index is 13.2. The second kappa shape index (κ2) is 7.27. The minimum atomic E-state index is -5.00. The van der Waals surface area contributed by atoms with Gasteiger partial charge in [-0.05, 0) is 19.1 Å². The van der Waals surface area contributed by atoms with Gasteiger partial charge in [0, 0.05) is 0 Å². The highest BCUT2D eigenvalue weighted by Gasteiger charge is 2.51. The van der Waals surface area contributed by atoms with Crippen molar-refractivity contribution in [1.82, 2.24) is 10.9 Å². The Balaban J connectivity index is 2.39. The van der Waals surface area contributed by atoms with Gasteiger partial charge in [-0.2, -0.15) is 13.2 Å². The van der Waals surface area contributed by atoms with Crippen LogP contribution in [0.3, 0.4) is 0 Å². The summed E-state index contributed by atoms with van der Waals surface area (Å²) in [6.45, 7) is -0.243. The van der Waals surface area contributed by atoms with Crippen LogP contribution in [0.4, 0.5) is 17.6 Å². The summed E-state index contributed by atoms with van der Waals surface area (Å²) in [6, 6.07) is 5.25. The van der Waals surface area contributed by atoms with Crippen LogP contribution in [0, 0.1) is 5.82 Å². The number of nitrogens with one attached hydrogen (secondary N) is 2. The summed E-state index contributed by atoms with van der Waals surface area (Å²) in [5.41, 5.74) is 0.240. The Morgan fingerprint density at radius 1 is 1.17 bits per heavy atom. The summed E-state index contributed by atoms with van der Waals surface area (Å²) in [6.07, 6.45) is -6.30. The zero-order valence-corrected chi connectivity index (χ0v) is 11.9. The van der Waals surface area contributed by atoms with E-state index < -0.39 is 42.4 Å². The van der Waals surface area contributed by atoms with Crippen LogP contribution in [0.5, 0.6) is 5.75 Å². The maximum Gasteiger partial charge on any atom is 0.417 e. The van der Waals surface area contributed by atoms with Gasteiger partial charge in [0.25, 0.3) is 5.91 Å². The zero-order valence-electron chi connectivity index (χ0n) is 11.9. The van der Waals surface area contributed by atoms with Gasteiger partial charge in [0.05, 0.1) is 6.42 Å². The zero-order chi connectivity index (χ0) is 17.7. The van der Waals surface area contributed by atoms with Crippen LogP contribution in [0.1, 0.15) is 13.3 Å². The normalized spacial score (nSPS) is 13.8. The summed E-state index contributed by atoms with van der Waals surface area (Å²) >= 11 is 0. The Morgan fingerprint density at radius 3 is 2.30 bits per heavy atom. The summed E-state index contributed by atoms with van der Waals surface area (Å²) in [4.78, 5) is 22.6. The highest BCUT2D eigenvalue weighted by molar-refractivity contribution is 5.83. The Bertz CT molecular complexity index is 575. The lowest BCUT2D eigenvalue weighted by molar-refractivity contribution is -0.253. The van der Waals surface area contributed by atoms with Gasteiger partial charge in [0.1, 0.15) is 0 Å². The van der Waals surface area contributed by atoms with Gasteiger partial charge in [-0.1, -0.05) is 12.1 Å². The van der Waals surface area contributed by atoms with Gasteiger partial charge in [-0.25, -0.2) is 4.39 Å². The van der Waals surface area contributed by atoms with Crippen LogP contribution in [-0.4, -0.2) is 35.3 Å². The molecule has 0 saturated heterocycles. The molecule has 0 bridgehead atoms. The fraction of sp³-hybridized carbons (Fsp3) is 0.385. The van der Waals surface area contributed by atoms with Crippen molar-refractivity contribution >= 4 is 11.8 Å². The number of halogens is 4. The molecule has 0 aromatic heterocycles. The van der Waals surface area contributed by atoms with Crippen molar-refractivity contribution in [2.45, 2.75) is 25.1 Å². The van der Waals surface area contributed by atoms with Crippen molar-refractivity contribution in [3.8, 4) is 5.75 Å². The van der Waals surface area contributed by atoms with E-state index in [0.717, 1.165) is 6.07 Å². The van der Waals surface area contributed by atoms with Crippen molar-refractivity contribution in [3.63, 3.8) is 0 Å². The molecular weight excluding hydrogens is 324 g/mol. The van der Waals surface area contributed by atoms with E-state index in [9.17, 15) is 27.2 Å². The van der Waals surface area contributed by atoms with Crippen LogP contribution in [0.25, 0.3) is 0 Å². The molecule has 0 fully saturated rings. The van der Waals surface area contributed by atoms with Crippen LogP contribution in [0.15, 0.2) is 24.3 Å². The van der Waals surface area contributed by atoms with Gasteiger partial charge in [-0.15, -0.1) is 0 Å². The van der Waals surface area contributed by atoms with Gasteiger partial charge in [0.2, 0.25) is 5.91 Å². The molecule has 0 spiro atoms. The lowest BCUT2D eigenvalue weighted by Gasteiger charge is -2.25. The van der Waals surface area contributed by atoms with Crippen LogP contribution in [-0.2, 0) is 9.59 Å². The van der Waals surface area contributed by atoms with Crippen molar-refractivity contribution in [3.05, 3.63) is 30.1 Å². The average Bonchev–Trinajstić information content (AvgIpc) is 2.42. The Kier molecular flexibility index (Phi) is 5.91. The number of amides is 2. The Labute approximate surface area is 128 Å². The number of ether oxygens (including phenoxy) is 1. The number of para-hydroxylation sites is 1. The monoisotopic (exact) mass is 338 g/mol. The highest BCUT2D eigenvalue weighted by atomic mass is 19.4. The number of carbonyl (C=O) groups is 2. The molecule has 1 rings (SSSR count). The third kappa shape index (κ3) is 5.74. The predicted molar refractivity (Wildman–Crippen MR) is 69.5 cm³/mol. The molecule has 0 aliphatic heterocycles. The number of aliphatic hydroxyl groups is 1. The van der Waals surface area contributed by atoms with Crippen LogP contribution < -0.4 is 15.6 Å². The van der Waals surface area contributed by atoms with Crippen molar-refractivity contribution < 1.29 is 37.0 Å². The molecule has 0 saturated carbocycles. The molecule has 1 aromatic rings. The molecule has 0 unspecified atom stereocenters. The molecule has 3 N–H and O–H groups in total. The summed E-state index contributed by atoms with van der Waals surface area (Å²) < 4.78 is 55.1. The minimum Gasteiger partial charge on any atom is -0.481 e. The third-order valence-electron chi connectivity index (χ3n) is 2.65. The minimum absolute atomic E-state index is 0.200. The fourth-order valence-electron chi connectivity index (χ4n) is 1.34. The molecule has 6 nitrogen and oxygen atoms in total. The molecule has 0 aliphatic rings. The van der Waals surface area contributed by atoms with Gasteiger partial charge in [-0.3, -0.25) is 20.4 Å².